The summed E-state index contributed by atoms with van der Waals surface area (Å²) in [6.45, 7) is 0.484. The SMILES string of the molecule is O=c1[nH]c2cc(CCCC(c3ccc(F)cc3)c3ccc(F)cc3)ccc2n1Cc1ccncc1. The van der Waals surface area contributed by atoms with Crippen LogP contribution in [0.25, 0.3) is 11.0 Å². The summed E-state index contributed by atoms with van der Waals surface area (Å²) in [5.74, 6) is -0.504. The Morgan fingerprint density at radius 1 is 0.800 bits per heavy atom. The Morgan fingerprint density at radius 3 is 2.06 bits per heavy atom. The lowest BCUT2D eigenvalue weighted by atomic mass is 9.86. The van der Waals surface area contributed by atoms with Crippen LogP contribution in [0.4, 0.5) is 8.78 Å². The Balaban J connectivity index is 1.32. The number of nitrogens with zero attached hydrogens (tertiary/aromatic N) is 2. The number of H-pyrrole nitrogens is 1. The Bertz CT molecular complexity index is 1430. The zero-order chi connectivity index (χ0) is 24.2. The molecule has 0 fully saturated rings. The van der Waals surface area contributed by atoms with Crippen molar-refractivity contribution in [1.82, 2.24) is 14.5 Å². The van der Waals surface area contributed by atoms with Crippen molar-refractivity contribution in [3.8, 4) is 0 Å². The van der Waals surface area contributed by atoms with E-state index in [9.17, 15) is 13.6 Å². The van der Waals surface area contributed by atoms with Crippen LogP contribution < -0.4 is 5.69 Å². The van der Waals surface area contributed by atoms with Crippen molar-refractivity contribution < 1.29 is 8.78 Å². The molecule has 2 aromatic heterocycles. The van der Waals surface area contributed by atoms with Crippen LogP contribution in [0.15, 0.2) is 96.1 Å². The number of pyridine rings is 1. The number of imidazole rings is 1. The lowest BCUT2D eigenvalue weighted by molar-refractivity contribution is 0.618. The largest absolute Gasteiger partial charge is 0.326 e. The molecule has 0 amide bonds. The van der Waals surface area contributed by atoms with E-state index in [1.54, 1.807) is 41.2 Å². The van der Waals surface area contributed by atoms with Gasteiger partial charge in [0, 0.05) is 18.3 Å². The van der Waals surface area contributed by atoms with Crippen LogP contribution >= 0.6 is 0 Å². The Morgan fingerprint density at radius 2 is 1.43 bits per heavy atom. The Labute approximate surface area is 201 Å². The first-order valence-corrected chi connectivity index (χ1v) is 11.7. The van der Waals surface area contributed by atoms with Crippen LogP contribution in [-0.2, 0) is 13.0 Å². The van der Waals surface area contributed by atoms with Gasteiger partial charge in [0.05, 0.1) is 17.6 Å². The Hall–Kier alpha value is -4.06. The molecule has 0 saturated heterocycles. The third kappa shape index (κ3) is 5.22. The van der Waals surface area contributed by atoms with Gasteiger partial charge in [0.15, 0.2) is 0 Å². The molecule has 0 unspecified atom stereocenters. The molecule has 0 bridgehead atoms. The smallest absolute Gasteiger partial charge is 0.306 e. The third-order valence-corrected chi connectivity index (χ3v) is 6.43. The fourth-order valence-electron chi connectivity index (χ4n) is 4.62. The van der Waals surface area contributed by atoms with Crippen LogP contribution in [0.1, 0.15) is 41.0 Å². The number of aromatic amines is 1. The van der Waals surface area contributed by atoms with E-state index in [0.717, 1.165) is 52.5 Å². The van der Waals surface area contributed by atoms with Gasteiger partial charge in [-0.3, -0.25) is 9.55 Å². The van der Waals surface area contributed by atoms with Crippen LogP contribution in [0.2, 0.25) is 0 Å². The molecule has 1 N–H and O–H groups in total. The van der Waals surface area contributed by atoms with E-state index in [0.29, 0.717) is 6.54 Å². The molecular weight excluding hydrogens is 444 g/mol. The molecule has 2 heterocycles. The molecule has 4 nitrogen and oxygen atoms in total. The first-order chi connectivity index (χ1) is 17.1. The van der Waals surface area contributed by atoms with E-state index >= 15 is 0 Å². The van der Waals surface area contributed by atoms with Gasteiger partial charge in [-0.25, -0.2) is 13.6 Å². The van der Waals surface area contributed by atoms with Gasteiger partial charge < -0.3 is 4.98 Å². The highest BCUT2D eigenvalue weighted by Gasteiger charge is 2.15. The monoisotopic (exact) mass is 469 g/mol. The molecule has 35 heavy (non-hydrogen) atoms. The van der Waals surface area contributed by atoms with E-state index in [1.807, 2.05) is 24.3 Å². The molecular formula is C29H25F2N3O. The number of hydrogen-bond donors (Lipinski definition) is 1. The number of hydrogen-bond acceptors (Lipinski definition) is 2. The van der Waals surface area contributed by atoms with Gasteiger partial charge >= 0.3 is 5.69 Å². The first kappa shape index (κ1) is 22.7. The standard InChI is InChI=1S/C29H25F2N3O/c30-24-9-5-22(6-10-24)26(23-7-11-25(31)12-8-23)3-1-2-20-4-13-28-27(18-20)33-29(35)34(28)19-21-14-16-32-17-15-21/h4-18,26H,1-3,19H2,(H,33,35). The number of halogens is 2. The van der Waals surface area contributed by atoms with Gasteiger partial charge in [-0.1, -0.05) is 30.3 Å². The minimum absolute atomic E-state index is 0.0428. The molecule has 0 atom stereocenters. The maximum absolute atomic E-state index is 13.5. The maximum atomic E-state index is 13.5. The van der Waals surface area contributed by atoms with Gasteiger partial charge in [0.2, 0.25) is 0 Å². The molecule has 5 rings (SSSR count). The second-order valence-corrected chi connectivity index (χ2v) is 8.77. The summed E-state index contributed by atoms with van der Waals surface area (Å²) in [5.41, 5.74) is 5.70. The van der Waals surface area contributed by atoms with Crippen molar-refractivity contribution in [2.24, 2.45) is 0 Å². The second kappa shape index (κ2) is 10.1. The summed E-state index contributed by atoms with van der Waals surface area (Å²) in [6, 6.07) is 22.9. The average Bonchev–Trinajstić information content (AvgIpc) is 3.18. The van der Waals surface area contributed by atoms with Crippen molar-refractivity contribution in [3.05, 3.63) is 136 Å². The van der Waals surface area contributed by atoms with Crippen molar-refractivity contribution in [3.63, 3.8) is 0 Å². The van der Waals surface area contributed by atoms with E-state index in [1.165, 1.54) is 24.3 Å². The zero-order valence-corrected chi connectivity index (χ0v) is 19.1. The molecule has 6 heteroatoms. The number of aromatic nitrogens is 3. The molecule has 176 valence electrons. The molecule has 0 spiro atoms. The Kier molecular flexibility index (Phi) is 6.53. The summed E-state index contributed by atoms with van der Waals surface area (Å²) in [4.78, 5) is 19.6. The number of rotatable bonds is 8. The predicted molar refractivity (Wildman–Crippen MR) is 133 cm³/mol. The van der Waals surface area contributed by atoms with E-state index < -0.39 is 0 Å². The topological polar surface area (TPSA) is 50.7 Å². The van der Waals surface area contributed by atoms with Gasteiger partial charge in [-0.15, -0.1) is 0 Å². The summed E-state index contributed by atoms with van der Waals surface area (Å²) >= 11 is 0. The minimum Gasteiger partial charge on any atom is -0.306 e. The number of nitrogens with one attached hydrogen (secondary N) is 1. The quantitative estimate of drug-likeness (QED) is 0.294. The minimum atomic E-state index is -0.273. The molecule has 0 aliphatic carbocycles. The highest BCUT2D eigenvalue weighted by molar-refractivity contribution is 5.76. The molecule has 3 aromatic carbocycles. The van der Waals surface area contributed by atoms with Gasteiger partial charge in [0.25, 0.3) is 0 Å². The highest BCUT2D eigenvalue weighted by atomic mass is 19.1. The van der Waals surface area contributed by atoms with Crippen LogP contribution in [0.3, 0.4) is 0 Å². The lowest BCUT2D eigenvalue weighted by Crippen LogP contribution is -2.17. The maximum Gasteiger partial charge on any atom is 0.326 e. The number of benzene rings is 3. The van der Waals surface area contributed by atoms with E-state index in [4.69, 9.17) is 0 Å². The van der Waals surface area contributed by atoms with Gasteiger partial charge in [-0.2, -0.15) is 0 Å². The molecule has 5 aromatic rings. The first-order valence-electron chi connectivity index (χ1n) is 11.7. The highest BCUT2D eigenvalue weighted by Crippen LogP contribution is 2.30. The fourth-order valence-corrected chi connectivity index (χ4v) is 4.62. The number of fused-ring (bicyclic) bond motifs is 1. The second-order valence-electron chi connectivity index (χ2n) is 8.77. The fraction of sp³-hybridized carbons (Fsp3) is 0.172. The van der Waals surface area contributed by atoms with Crippen molar-refractivity contribution in [2.45, 2.75) is 31.7 Å². The summed E-state index contributed by atoms with van der Waals surface area (Å²) in [7, 11) is 0. The van der Waals surface area contributed by atoms with Crippen LogP contribution in [0.5, 0.6) is 0 Å². The zero-order valence-electron chi connectivity index (χ0n) is 19.1. The third-order valence-electron chi connectivity index (χ3n) is 6.43. The lowest BCUT2D eigenvalue weighted by Gasteiger charge is -2.18. The normalized spacial score (nSPS) is 11.4. The van der Waals surface area contributed by atoms with Crippen molar-refractivity contribution in [2.75, 3.05) is 0 Å². The predicted octanol–water partition coefficient (Wildman–Crippen LogP) is 6.21. The van der Waals surface area contributed by atoms with Crippen LogP contribution in [-0.4, -0.2) is 14.5 Å². The molecule has 0 aliphatic rings. The van der Waals surface area contributed by atoms with Crippen molar-refractivity contribution in [1.29, 1.82) is 0 Å². The van der Waals surface area contributed by atoms with Gasteiger partial charge in [0.1, 0.15) is 11.6 Å². The van der Waals surface area contributed by atoms with Crippen molar-refractivity contribution >= 4 is 11.0 Å². The van der Waals surface area contributed by atoms with E-state index in [2.05, 4.69) is 16.0 Å². The van der Waals surface area contributed by atoms with Gasteiger partial charge in [-0.05, 0) is 90.0 Å². The molecule has 0 radical (unpaired) electrons. The molecule has 0 aliphatic heterocycles. The summed E-state index contributed by atoms with van der Waals surface area (Å²) in [6.07, 6.45) is 5.98. The molecule has 0 saturated carbocycles. The summed E-state index contributed by atoms with van der Waals surface area (Å²) in [5, 5.41) is 0. The van der Waals surface area contributed by atoms with Crippen LogP contribution in [0, 0.1) is 11.6 Å². The van der Waals surface area contributed by atoms with E-state index in [-0.39, 0.29) is 23.2 Å². The summed E-state index contributed by atoms with van der Waals surface area (Å²) < 4.78 is 28.7. The number of aryl methyl sites for hydroxylation is 1. The average molecular weight is 470 g/mol.